The summed E-state index contributed by atoms with van der Waals surface area (Å²) in [7, 11) is 0. The van der Waals surface area contributed by atoms with E-state index in [1.54, 1.807) is 26.1 Å². The molecule has 12 nitrogen and oxygen atoms in total. The molecule has 0 bridgehead atoms. The van der Waals surface area contributed by atoms with Crippen LogP contribution in [0.3, 0.4) is 0 Å². The highest BCUT2D eigenvalue weighted by Gasteiger charge is 2.41. The predicted octanol–water partition coefficient (Wildman–Crippen LogP) is 5.92. The first-order valence-electron chi connectivity index (χ1n) is 18.3. The number of aromatic amines is 1. The van der Waals surface area contributed by atoms with Gasteiger partial charge in [-0.1, -0.05) is 44.2 Å². The van der Waals surface area contributed by atoms with Crippen LogP contribution in [0.15, 0.2) is 107 Å². The van der Waals surface area contributed by atoms with Gasteiger partial charge in [-0.15, -0.1) is 0 Å². The smallest absolute Gasteiger partial charge is 0.361 e. The third kappa shape index (κ3) is 7.43. The second-order valence-corrected chi connectivity index (χ2v) is 13.7. The summed E-state index contributed by atoms with van der Waals surface area (Å²) in [6.07, 6.45) is 3.40. The number of H-pyrrole nitrogens is 1. The largest absolute Gasteiger partial charge is 0.391 e. The normalized spacial score (nSPS) is 15.3. The molecule has 2 N–H and O–H groups in total. The lowest BCUT2D eigenvalue weighted by Crippen LogP contribution is -2.46. The first-order chi connectivity index (χ1) is 26.5. The fourth-order valence-electron chi connectivity index (χ4n) is 7.24. The highest BCUT2D eigenvalue weighted by atomic mass is 19.3. The van der Waals surface area contributed by atoms with E-state index in [2.05, 4.69) is 42.1 Å². The Balaban J connectivity index is 0.990. The van der Waals surface area contributed by atoms with Gasteiger partial charge in [0.25, 0.3) is 0 Å². The Labute approximate surface area is 315 Å². The molecule has 3 atom stereocenters. The number of pyridine rings is 1. The Morgan fingerprint density at radius 1 is 0.836 bits per heavy atom. The maximum absolute atomic E-state index is 15.6. The van der Waals surface area contributed by atoms with Gasteiger partial charge >= 0.3 is 17.3 Å². The average molecular weight is 754 g/mol. The van der Waals surface area contributed by atoms with Gasteiger partial charge in [-0.05, 0) is 79.9 Å². The van der Waals surface area contributed by atoms with Crippen LogP contribution >= 0.6 is 0 Å². The van der Waals surface area contributed by atoms with Crippen molar-refractivity contribution in [2.75, 3.05) is 36.0 Å². The van der Waals surface area contributed by atoms with Crippen molar-refractivity contribution in [1.82, 2.24) is 34.1 Å². The lowest BCUT2D eigenvalue weighted by Gasteiger charge is -2.37. The highest BCUT2D eigenvalue weighted by Crippen LogP contribution is 2.36. The number of hydrogen-bond donors (Lipinski definition) is 2. The standard InChI is InChI=1S/C40H42F3N9O3/c1-4-35(26(3)53)52-39(55)50(25-45-52)33-16-14-32(15-17-33)49-21-19-48(20-22-49)31-12-9-27(10-13-31)28-11-18-34(44-24-28)36(5-2)51-37(46-38(54)47-51)40(42,43)29-7-6-8-30(41)23-29/h6-18,23-26,35-36,53H,4-5,19-22H2,1-3H3,(H,47,54)/t26-,35-,36?/m0/s1. The van der Waals surface area contributed by atoms with Crippen LogP contribution in [0.1, 0.15) is 62.8 Å². The second-order valence-electron chi connectivity index (χ2n) is 13.7. The number of anilines is 2. The third-order valence-electron chi connectivity index (χ3n) is 10.3. The van der Waals surface area contributed by atoms with Crippen molar-refractivity contribution in [1.29, 1.82) is 0 Å². The number of aliphatic hydroxyl groups excluding tert-OH is 1. The molecule has 0 radical (unpaired) electrons. The highest BCUT2D eigenvalue weighted by molar-refractivity contribution is 5.66. The van der Waals surface area contributed by atoms with Crippen LogP contribution in [-0.2, 0) is 5.92 Å². The molecule has 3 aromatic carbocycles. The lowest BCUT2D eigenvalue weighted by atomic mass is 10.0. The number of aliphatic hydroxyl groups is 1. The zero-order chi connectivity index (χ0) is 38.9. The van der Waals surface area contributed by atoms with Crippen LogP contribution < -0.4 is 21.2 Å². The molecule has 0 amide bonds. The molecule has 0 saturated carbocycles. The molecule has 1 aliphatic rings. The van der Waals surface area contributed by atoms with Gasteiger partial charge in [0, 0.05) is 54.9 Å². The van der Waals surface area contributed by atoms with Crippen LogP contribution in [0.4, 0.5) is 24.5 Å². The van der Waals surface area contributed by atoms with Crippen molar-refractivity contribution >= 4 is 11.4 Å². The number of piperazine rings is 1. The van der Waals surface area contributed by atoms with E-state index >= 15 is 8.78 Å². The van der Waals surface area contributed by atoms with Gasteiger partial charge < -0.3 is 14.9 Å². The van der Waals surface area contributed by atoms with Crippen LogP contribution in [0.25, 0.3) is 16.8 Å². The summed E-state index contributed by atoms with van der Waals surface area (Å²) in [5.74, 6) is -5.36. The van der Waals surface area contributed by atoms with Crippen LogP contribution in [0.2, 0.25) is 0 Å². The fraction of sp³-hybridized carbons (Fsp3) is 0.325. The number of aromatic nitrogens is 7. The maximum Gasteiger partial charge on any atom is 0.361 e. The molecule has 6 aromatic rings. The average Bonchev–Trinajstić information content (AvgIpc) is 3.78. The van der Waals surface area contributed by atoms with Gasteiger partial charge in [0.2, 0.25) is 5.82 Å². The monoisotopic (exact) mass is 753 g/mol. The van der Waals surface area contributed by atoms with Crippen molar-refractivity contribution in [2.45, 2.75) is 57.7 Å². The molecule has 286 valence electrons. The molecule has 1 saturated heterocycles. The Morgan fingerprint density at radius 2 is 1.45 bits per heavy atom. The Kier molecular flexibility index (Phi) is 10.5. The van der Waals surface area contributed by atoms with Crippen molar-refractivity contribution in [3.05, 3.63) is 141 Å². The van der Waals surface area contributed by atoms with Crippen molar-refractivity contribution in [3.63, 3.8) is 0 Å². The molecule has 1 aliphatic heterocycles. The lowest BCUT2D eigenvalue weighted by molar-refractivity contribution is 0.0261. The van der Waals surface area contributed by atoms with E-state index in [4.69, 9.17) is 0 Å². The zero-order valence-corrected chi connectivity index (χ0v) is 30.7. The molecule has 55 heavy (non-hydrogen) atoms. The third-order valence-corrected chi connectivity index (χ3v) is 10.3. The van der Waals surface area contributed by atoms with Gasteiger partial charge in [-0.2, -0.15) is 18.9 Å². The fourth-order valence-corrected chi connectivity index (χ4v) is 7.24. The number of benzene rings is 3. The molecule has 7 rings (SSSR count). The Bertz CT molecular complexity index is 2340. The molecule has 1 fully saturated rings. The molecular formula is C40H42F3N9O3. The molecular weight excluding hydrogens is 711 g/mol. The Morgan fingerprint density at radius 3 is 2.02 bits per heavy atom. The van der Waals surface area contributed by atoms with Crippen LogP contribution in [0, 0.1) is 5.82 Å². The van der Waals surface area contributed by atoms with Gasteiger partial charge in [-0.25, -0.2) is 28.3 Å². The van der Waals surface area contributed by atoms with Gasteiger partial charge in [-0.3, -0.25) is 9.67 Å². The summed E-state index contributed by atoms with van der Waals surface area (Å²) in [6, 6.07) is 22.6. The molecule has 1 unspecified atom stereocenters. The summed E-state index contributed by atoms with van der Waals surface area (Å²) in [4.78, 5) is 38.0. The number of nitrogens with zero attached hydrogens (tertiary/aromatic N) is 8. The number of rotatable bonds is 12. The number of nitrogens with one attached hydrogen (secondary N) is 1. The molecule has 3 aromatic heterocycles. The molecule has 0 spiro atoms. The minimum absolute atomic E-state index is 0.286. The van der Waals surface area contributed by atoms with Gasteiger partial charge in [0.05, 0.1) is 29.6 Å². The van der Waals surface area contributed by atoms with E-state index in [9.17, 15) is 19.1 Å². The summed E-state index contributed by atoms with van der Waals surface area (Å²) >= 11 is 0. The first-order valence-corrected chi connectivity index (χ1v) is 18.3. The van der Waals surface area contributed by atoms with E-state index in [-0.39, 0.29) is 11.7 Å². The van der Waals surface area contributed by atoms with Crippen LogP contribution in [0.5, 0.6) is 0 Å². The van der Waals surface area contributed by atoms with Crippen molar-refractivity contribution < 1.29 is 18.3 Å². The number of halogens is 3. The molecule has 0 aliphatic carbocycles. The van der Waals surface area contributed by atoms with E-state index < -0.39 is 41.0 Å². The van der Waals surface area contributed by atoms with E-state index in [0.29, 0.717) is 24.2 Å². The van der Waals surface area contributed by atoms with Gasteiger partial charge in [0.1, 0.15) is 12.1 Å². The molecule has 4 heterocycles. The topological polar surface area (TPSA) is 130 Å². The van der Waals surface area contributed by atoms with Gasteiger partial charge in [0.15, 0.2) is 0 Å². The van der Waals surface area contributed by atoms with E-state index in [1.807, 2.05) is 49.4 Å². The number of alkyl halides is 2. The summed E-state index contributed by atoms with van der Waals surface area (Å²) in [5.41, 5.74) is 3.26. The van der Waals surface area contributed by atoms with Crippen molar-refractivity contribution in [3.8, 4) is 16.8 Å². The molecule has 15 heteroatoms. The van der Waals surface area contributed by atoms with E-state index in [1.165, 1.54) is 21.6 Å². The maximum atomic E-state index is 15.6. The SMILES string of the molecule is CCC(c1ccc(-c2ccc(N3CCN(c4ccc(-n5cnn([C@@H](CC)[C@H](C)O)c5=O)cc4)CC3)cc2)cn1)n1[nH]c(=O)nc1C(F)(F)c1cccc(F)c1. The van der Waals surface area contributed by atoms with Crippen LogP contribution in [-0.4, -0.2) is 71.5 Å². The van der Waals surface area contributed by atoms with Crippen molar-refractivity contribution in [2.24, 2.45) is 0 Å². The van der Waals surface area contributed by atoms with E-state index in [0.717, 1.165) is 71.6 Å². The minimum atomic E-state index is -3.73. The summed E-state index contributed by atoms with van der Waals surface area (Å²) in [5, 5.41) is 16.7. The first kappa shape index (κ1) is 37.4. The zero-order valence-electron chi connectivity index (χ0n) is 30.7. The number of hydrogen-bond acceptors (Lipinski definition) is 8. The Hall–Kier alpha value is -5.96. The summed E-state index contributed by atoms with van der Waals surface area (Å²) in [6.45, 7) is 8.62. The summed E-state index contributed by atoms with van der Waals surface area (Å²) < 4.78 is 48.8. The second kappa shape index (κ2) is 15.4. The predicted molar refractivity (Wildman–Crippen MR) is 204 cm³/mol. The minimum Gasteiger partial charge on any atom is -0.391 e. The quantitative estimate of drug-likeness (QED) is 0.158.